The van der Waals surface area contributed by atoms with Crippen LogP contribution in [0.1, 0.15) is 11.1 Å². The first-order valence-electron chi connectivity index (χ1n) is 4.87. The molecule has 0 aliphatic rings. The molecule has 0 aliphatic heterocycles. The minimum Gasteiger partial charge on any atom is -0.383 e. The summed E-state index contributed by atoms with van der Waals surface area (Å²) >= 11 is 11.9. The zero-order valence-corrected chi connectivity index (χ0v) is 10.3. The van der Waals surface area contributed by atoms with Gasteiger partial charge in [-0.3, -0.25) is 0 Å². The van der Waals surface area contributed by atoms with Gasteiger partial charge in [0, 0.05) is 28.2 Å². The average molecular weight is 269 g/mol. The quantitative estimate of drug-likeness (QED) is 0.878. The molecule has 0 amide bonds. The van der Waals surface area contributed by atoms with Crippen LogP contribution in [0.25, 0.3) is 0 Å². The van der Waals surface area contributed by atoms with Gasteiger partial charge in [0.1, 0.15) is 5.82 Å². The van der Waals surface area contributed by atoms with Crippen molar-refractivity contribution >= 4 is 35.0 Å². The standard InChI is InChI=1S/C11H10Cl2N4/c12-8-2-1-6(9(13)4-8)3-7-5-16-11(15)17-10(7)14/h1-2,4-5H,3H2,(H4,14,15,16,17). The van der Waals surface area contributed by atoms with Crippen LogP contribution in [0.4, 0.5) is 11.8 Å². The fraction of sp³-hybridized carbons (Fsp3) is 0.0909. The first-order valence-corrected chi connectivity index (χ1v) is 5.62. The Bertz CT molecular complexity index is 508. The van der Waals surface area contributed by atoms with Crippen LogP contribution in [0.5, 0.6) is 0 Å². The summed E-state index contributed by atoms with van der Waals surface area (Å²) < 4.78 is 0. The molecule has 2 aromatic rings. The number of rotatable bonds is 2. The Hall–Kier alpha value is -1.52. The maximum atomic E-state index is 6.07. The lowest BCUT2D eigenvalue weighted by molar-refractivity contribution is 1.09. The van der Waals surface area contributed by atoms with E-state index in [0.29, 0.717) is 22.3 Å². The lowest BCUT2D eigenvalue weighted by atomic mass is 10.1. The van der Waals surface area contributed by atoms with E-state index in [4.69, 9.17) is 34.7 Å². The highest BCUT2D eigenvalue weighted by Gasteiger charge is 2.07. The van der Waals surface area contributed by atoms with E-state index in [2.05, 4.69) is 9.97 Å². The number of nitrogens with zero attached hydrogens (tertiary/aromatic N) is 2. The molecule has 0 radical (unpaired) electrons. The van der Waals surface area contributed by atoms with E-state index in [1.165, 1.54) is 0 Å². The lowest BCUT2D eigenvalue weighted by Crippen LogP contribution is -2.04. The monoisotopic (exact) mass is 268 g/mol. The Kier molecular flexibility index (Phi) is 3.36. The summed E-state index contributed by atoms with van der Waals surface area (Å²) in [7, 11) is 0. The zero-order chi connectivity index (χ0) is 12.4. The molecule has 4 N–H and O–H groups in total. The summed E-state index contributed by atoms with van der Waals surface area (Å²) in [4.78, 5) is 7.79. The Morgan fingerprint density at radius 2 is 1.88 bits per heavy atom. The van der Waals surface area contributed by atoms with Gasteiger partial charge in [0.05, 0.1) is 0 Å². The Balaban J connectivity index is 2.31. The van der Waals surface area contributed by atoms with Gasteiger partial charge in [-0.15, -0.1) is 0 Å². The highest BCUT2D eigenvalue weighted by Crippen LogP contribution is 2.24. The van der Waals surface area contributed by atoms with Gasteiger partial charge < -0.3 is 11.5 Å². The van der Waals surface area contributed by atoms with Crippen LogP contribution in [0.15, 0.2) is 24.4 Å². The molecule has 88 valence electrons. The van der Waals surface area contributed by atoms with Gasteiger partial charge >= 0.3 is 0 Å². The summed E-state index contributed by atoms with van der Waals surface area (Å²) in [6.07, 6.45) is 2.14. The number of benzene rings is 1. The largest absolute Gasteiger partial charge is 0.383 e. The third-order valence-corrected chi connectivity index (χ3v) is 2.90. The molecule has 0 unspecified atom stereocenters. The molecule has 1 aromatic carbocycles. The summed E-state index contributed by atoms with van der Waals surface area (Å²) in [5, 5.41) is 1.19. The third kappa shape index (κ3) is 2.78. The van der Waals surface area contributed by atoms with E-state index in [9.17, 15) is 0 Å². The molecular formula is C11H10Cl2N4. The number of hydrogen-bond acceptors (Lipinski definition) is 4. The van der Waals surface area contributed by atoms with Crippen LogP contribution in [0, 0.1) is 0 Å². The topological polar surface area (TPSA) is 77.8 Å². The first-order chi connectivity index (χ1) is 8.06. The maximum Gasteiger partial charge on any atom is 0.221 e. The summed E-state index contributed by atoms with van der Waals surface area (Å²) in [5.74, 6) is 0.525. The molecule has 4 nitrogen and oxygen atoms in total. The number of anilines is 2. The molecule has 17 heavy (non-hydrogen) atoms. The van der Waals surface area contributed by atoms with Gasteiger partial charge in [0.25, 0.3) is 0 Å². The van der Waals surface area contributed by atoms with Gasteiger partial charge in [-0.05, 0) is 17.7 Å². The molecule has 0 saturated heterocycles. The van der Waals surface area contributed by atoms with Crippen molar-refractivity contribution in [2.24, 2.45) is 0 Å². The smallest absolute Gasteiger partial charge is 0.221 e. The Morgan fingerprint density at radius 3 is 2.53 bits per heavy atom. The number of hydrogen-bond donors (Lipinski definition) is 2. The van der Waals surface area contributed by atoms with Crippen molar-refractivity contribution in [2.45, 2.75) is 6.42 Å². The zero-order valence-electron chi connectivity index (χ0n) is 8.82. The lowest BCUT2D eigenvalue weighted by Gasteiger charge is -2.07. The minimum atomic E-state index is 0.161. The second-order valence-electron chi connectivity index (χ2n) is 3.55. The predicted molar refractivity (Wildman–Crippen MR) is 70.1 cm³/mol. The SMILES string of the molecule is Nc1ncc(Cc2ccc(Cl)cc2Cl)c(N)n1. The highest BCUT2D eigenvalue weighted by molar-refractivity contribution is 6.35. The fourth-order valence-corrected chi connectivity index (χ4v) is 1.92. The molecule has 0 bridgehead atoms. The highest BCUT2D eigenvalue weighted by atomic mass is 35.5. The van der Waals surface area contributed by atoms with Crippen molar-refractivity contribution in [3.63, 3.8) is 0 Å². The summed E-state index contributed by atoms with van der Waals surface area (Å²) in [6, 6.07) is 5.31. The van der Waals surface area contributed by atoms with E-state index in [1.807, 2.05) is 6.07 Å². The van der Waals surface area contributed by atoms with E-state index in [-0.39, 0.29) is 5.95 Å². The first kappa shape index (κ1) is 12.0. The van der Waals surface area contributed by atoms with Gasteiger partial charge in [-0.25, -0.2) is 4.98 Å². The molecular weight excluding hydrogens is 259 g/mol. The van der Waals surface area contributed by atoms with Crippen molar-refractivity contribution in [2.75, 3.05) is 11.5 Å². The van der Waals surface area contributed by atoms with Crippen molar-refractivity contribution in [3.05, 3.63) is 45.6 Å². The second kappa shape index (κ2) is 4.77. The molecule has 0 atom stereocenters. The van der Waals surface area contributed by atoms with Crippen LogP contribution in [0.3, 0.4) is 0 Å². The van der Waals surface area contributed by atoms with E-state index < -0.39 is 0 Å². The van der Waals surface area contributed by atoms with Crippen LogP contribution in [-0.4, -0.2) is 9.97 Å². The molecule has 0 saturated carbocycles. The van der Waals surface area contributed by atoms with Crippen molar-refractivity contribution in [3.8, 4) is 0 Å². The predicted octanol–water partition coefficient (Wildman–Crippen LogP) is 2.54. The fourth-order valence-electron chi connectivity index (χ4n) is 1.44. The number of halogens is 2. The molecule has 0 spiro atoms. The maximum absolute atomic E-state index is 6.07. The van der Waals surface area contributed by atoms with Crippen LogP contribution >= 0.6 is 23.2 Å². The van der Waals surface area contributed by atoms with E-state index in [1.54, 1.807) is 18.3 Å². The van der Waals surface area contributed by atoms with Gasteiger partial charge in [-0.1, -0.05) is 29.3 Å². The normalized spacial score (nSPS) is 10.5. The molecule has 1 heterocycles. The molecule has 0 aliphatic carbocycles. The molecule has 1 aromatic heterocycles. The summed E-state index contributed by atoms with van der Waals surface area (Å²) in [5.41, 5.74) is 12.9. The Labute approximate surface area is 109 Å². The minimum absolute atomic E-state index is 0.161. The van der Waals surface area contributed by atoms with Crippen molar-refractivity contribution < 1.29 is 0 Å². The van der Waals surface area contributed by atoms with Gasteiger partial charge in [0.2, 0.25) is 5.95 Å². The average Bonchev–Trinajstić information content (AvgIpc) is 2.25. The molecule has 2 rings (SSSR count). The van der Waals surface area contributed by atoms with Crippen LogP contribution < -0.4 is 11.5 Å². The van der Waals surface area contributed by atoms with Gasteiger partial charge in [-0.2, -0.15) is 4.98 Å². The number of nitrogen functional groups attached to an aromatic ring is 2. The Morgan fingerprint density at radius 1 is 1.12 bits per heavy atom. The van der Waals surface area contributed by atoms with Crippen LogP contribution in [-0.2, 0) is 6.42 Å². The van der Waals surface area contributed by atoms with Crippen molar-refractivity contribution in [1.82, 2.24) is 9.97 Å². The third-order valence-electron chi connectivity index (χ3n) is 2.31. The molecule has 0 fully saturated rings. The molecule has 6 heteroatoms. The number of nitrogens with two attached hydrogens (primary N) is 2. The second-order valence-corrected chi connectivity index (χ2v) is 4.39. The van der Waals surface area contributed by atoms with E-state index >= 15 is 0 Å². The van der Waals surface area contributed by atoms with Crippen LogP contribution in [0.2, 0.25) is 10.0 Å². The van der Waals surface area contributed by atoms with E-state index in [0.717, 1.165) is 11.1 Å². The van der Waals surface area contributed by atoms with Gasteiger partial charge in [0.15, 0.2) is 0 Å². The summed E-state index contributed by atoms with van der Waals surface area (Å²) in [6.45, 7) is 0. The van der Waals surface area contributed by atoms with Crippen molar-refractivity contribution in [1.29, 1.82) is 0 Å². The number of aromatic nitrogens is 2.